The number of aryl methyl sites for hydroxylation is 2. The Morgan fingerprint density at radius 2 is 1.84 bits per heavy atom. The molecule has 0 saturated heterocycles. The summed E-state index contributed by atoms with van der Waals surface area (Å²) in [5, 5.41) is 14.9. The average molecular weight is 342 g/mol. The highest BCUT2D eigenvalue weighted by Crippen LogP contribution is 2.24. The Morgan fingerprint density at radius 1 is 1.08 bits per heavy atom. The molecule has 25 heavy (non-hydrogen) atoms. The molecule has 6 nitrogen and oxygen atoms in total. The molecule has 0 heterocycles. The monoisotopic (exact) mass is 342 g/mol. The molecule has 0 fully saturated rings. The van der Waals surface area contributed by atoms with Crippen LogP contribution in [-0.2, 0) is 4.79 Å². The SMILES string of the molecule is CNC(=O)c1ccc(O)c(NC(=O)CCOc2ccc(C)c(C)c2)c1. The van der Waals surface area contributed by atoms with Gasteiger partial charge in [-0.1, -0.05) is 6.07 Å². The van der Waals surface area contributed by atoms with E-state index in [-0.39, 0.29) is 36.3 Å². The van der Waals surface area contributed by atoms with E-state index in [0.717, 1.165) is 5.56 Å². The molecule has 0 bridgehead atoms. The number of nitrogens with one attached hydrogen (secondary N) is 2. The van der Waals surface area contributed by atoms with Gasteiger partial charge in [0.2, 0.25) is 5.91 Å². The molecule has 132 valence electrons. The highest BCUT2D eigenvalue weighted by molar-refractivity contribution is 5.98. The number of phenolic OH excluding ortho intramolecular Hbond substituents is 1. The Hall–Kier alpha value is -3.02. The van der Waals surface area contributed by atoms with Crippen LogP contribution < -0.4 is 15.4 Å². The summed E-state index contributed by atoms with van der Waals surface area (Å²) in [6.07, 6.45) is 0.122. The van der Waals surface area contributed by atoms with Crippen molar-refractivity contribution in [3.05, 3.63) is 53.1 Å². The van der Waals surface area contributed by atoms with Gasteiger partial charge in [-0.15, -0.1) is 0 Å². The zero-order chi connectivity index (χ0) is 18.4. The molecule has 0 unspecified atom stereocenters. The molecule has 2 aromatic rings. The number of carbonyl (C=O) groups is 2. The van der Waals surface area contributed by atoms with Crippen LogP contribution in [0.3, 0.4) is 0 Å². The topological polar surface area (TPSA) is 87.7 Å². The van der Waals surface area contributed by atoms with Gasteiger partial charge in [-0.2, -0.15) is 0 Å². The lowest BCUT2D eigenvalue weighted by Gasteiger charge is -2.10. The Balaban J connectivity index is 1.91. The quantitative estimate of drug-likeness (QED) is 0.705. The van der Waals surface area contributed by atoms with E-state index in [1.165, 1.54) is 30.8 Å². The maximum atomic E-state index is 12.0. The second-order valence-corrected chi connectivity index (χ2v) is 5.70. The first-order valence-electron chi connectivity index (χ1n) is 7.95. The van der Waals surface area contributed by atoms with Crippen molar-refractivity contribution in [3.63, 3.8) is 0 Å². The number of benzene rings is 2. The molecule has 0 radical (unpaired) electrons. The molecule has 2 rings (SSSR count). The fourth-order valence-electron chi connectivity index (χ4n) is 2.20. The molecule has 0 saturated carbocycles. The van der Waals surface area contributed by atoms with E-state index < -0.39 is 0 Å². The minimum absolute atomic E-state index is 0.101. The van der Waals surface area contributed by atoms with Crippen molar-refractivity contribution < 1.29 is 19.4 Å². The summed E-state index contributed by atoms with van der Waals surface area (Å²) in [7, 11) is 1.51. The fraction of sp³-hybridized carbons (Fsp3) is 0.263. The van der Waals surface area contributed by atoms with E-state index in [1.807, 2.05) is 32.0 Å². The second kappa shape index (κ2) is 8.19. The van der Waals surface area contributed by atoms with Gasteiger partial charge in [0.15, 0.2) is 0 Å². The molecule has 3 N–H and O–H groups in total. The first-order valence-corrected chi connectivity index (χ1v) is 7.95. The number of carbonyl (C=O) groups excluding carboxylic acids is 2. The van der Waals surface area contributed by atoms with Gasteiger partial charge in [0.1, 0.15) is 11.5 Å². The number of aromatic hydroxyl groups is 1. The van der Waals surface area contributed by atoms with Crippen LogP contribution in [0.2, 0.25) is 0 Å². The summed E-state index contributed by atoms with van der Waals surface area (Å²) in [5.41, 5.74) is 2.84. The third kappa shape index (κ3) is 4.97. The zero-order valence-corrected chi connectivity index (χ0v) is 14.6. The highest BCUT2D eigenvalue weighted by atomic mass is 16.5. The predicted octanol–water partition coefficient (Wildman–Crippen LogP) is 2.78. The first kappa shape index (κ1) is 18.3. The minimum atomic E-state index is -0.312. The molecule has 0 aliphatic rings. The molecular weight excluding hydrogens is 320 g/mol. The Labute approximate surface area is 146 Å². The maximum Gasteiger partial charge on any atom is 0.251 e. The van der Waals surface area contributed by atoms with Gasteiger partial charge in [0.25, 0.3) is 5.91 Å². The summed E-state index contributed by atoms with van der Waals surface area (Å²) in [4.78, 5) is 23.6. The first-order chi connectivity index (χ1) is 11.9. The van der Waals surface area contributed by atoms with Crippen LogP contribution >= 0.6 is 0 Å². The van der Waals surface area contributed by atoms with Crippen LogP contribution in [0.1, 0.15) is 27.9 Å². The van der Waals surface area contributed by atoms with Crippen molar-refractivity contribution in [2.75, 3.05) is 19.0 Å². The van der Waals surface area contributed by atoms with Crippen molar-refractivity contribution in [3.8, 4) is 11.5 Å². The van der Waals surface area contributed by atoms with E-state index in [2.05, 4.69) is 10.6 Å². The number of phenols is 1. The van der Waals surface area contributed by atoms with Crippen molar-refractivity contribution in [2.24, 2.45) is 0 Å². The Bertz CT molecular complexity index is 787. The second-order valence-electron chi connectivity index (χ2n) is 5.70. The van der Waals surface area contributed by atoms with Crippen LogP contribution in [0.5, 0.6) is 11.5 Å². The molecule has 6 heteroatoms. The van der Waals surface area contributed by atoms with Crippen molar-refractivity contribution in [1.82, 2.24) is 5.32 Å². The predicted molar refractivity (Wildman–Crippen MR) is 96.2 cm³/mol. The molecule has 0 aromatic heterocycles. The van der Waals surface area contributed by atoms with Crippen LogP contribution in [0.15, 0.2) is 36.4 Å². The number of hydrogen-bond acceptors (Lipinski definition) is 4. The van der Waals surface area contributed by atoms with E-state index >= 15 is 0 Å². The lowest BCUT2D eigenvalue weighted by Crippen LogP contribution is -2.19. The molecule has 0 atom stereocenters. The van der Waals surface area contributed by atoms with Crippen LogP contribution in [0.25, 0.3) is 0 Å². The van der Waals surface area contributed by atoms with Gasteiger partial charge in [-0.25, -0.2) is 0 Å². The Kier molecular flexibility index (Phi) is 6.00. The fourth-order valence-corrected chi connectivity index (χ4v) is 2.20. The zero-order valence-electron chi connectivity index (χ0n) is 14.6. The number of hydrogen-bond donors (Lipinski definition) is 3. The molecule has 0 aliphatic carbocycles. The average Bonchev–Trinajstić information content (AvgIpc) is 2.59. The van der Waals surface area contributed by atoms with Gasteiger partial charge >= 0.3 is 0 Å². The molecule has 2 aromatic carbocycles. The highest BCUT2D eigenvalue weighted by Gasteiger charge is 2.11. The summed E-state index contributed by atoms with van der Waals surface area (Å²) in [5.74, 6) is -0.00166. The van der Waals surface area contributed by atoms with E-state index in [1.54, 1.807) is 0 Å². The van der Waals surface area contributed by atoms with Crippen molar-refractivity contribution in [1.29, 1.82) is 0 Å². The number of ether oxygens (including phenoxy) is 1. The normalized spacial score (nSPS) is 10.2. The smallest absolute Gasteiger partial charge is 0.251 e. The third-order valence-corrected chi connectivity index (χ3v) is 3.84. The van der Waals surface area contributed by atoms with Crippen LogP contribution in [-0.4, -0.2) is 30.6 Å². The lowest BCUT2D eigenvalue weighted by molar-refractivity contribution is -0.116. The van der Waals surface area contributed by atoms with Gasteiger partial charge in [-0.3, -0.25) is 9.59 Å². The van der Waals surface area contributed by atoms with Gasteiger partial charge in [0.05, 0.1) is 18.7 Å². The van der Waals surface area contributed by atoms with Gasteiger partial charge < -0.3 is 20.5 Å². The van der Waals surface area contributed by atoms with Gasteiger partial charge in [-0.05, 0) is 55.3 Å². The molecule has 0 spiro atoms. The maximum absolute atomic E-state index is 12.0. The molecule has 2 amide bonds. The van der Waals surface area contributed by atoms with E-state index in [9.17, 15) is 14.7 Å². The standard InChI is InChI=1S/C19H22N2O4/c1-12-4-6-15(10-13(12)2)25-9-8-18(23)21-16-11-14(19(24)20-3)5-7-17(16)22/h4-7,10-11,22H,8-9H2,1-3H3,(H,20,24)(H,21,23). The van der Waals surface area contributed by atoms with Crippen molar-refractivity contribution in [2.45, 2.75) is 20.3 Å². The van der Waals surface area contributed by atoms with Gasteiger partial charge in [0, 0.05) is 12.6 Å². The summed E-state index contributed by atoms with van der Waals surface area (Å²) in [6, 6.07) is 10.0. The Morgan fingerprint density at radius 3 is 2.52 bits per heavy atom. The summed E-state index contributed by atoms with van der Waals surface area (Å²) >= 11 is 0. The summed E-state index contributed by atoms with van der Waals surface area (Å²) in [6.45, 7) is 4.23. The van der Waals surface area contributed by atoms with Crippen LogP contribution in [0.4, 0.5) is 5.69 Å². The minimum Gasteiger partial charge on any atom is -0.506 e. The molecule has 0 aliphatic heterocycles. The van der Waals surface area contributed by atoms with E-state index in [4.69, 9.17) is 4.74 Å². The third-order valence-electron chi connectivity index (χ3n) is 3.84. The lowest BCUT2D eigenvalue weighted by atomic mass is 10.1. The number of rotatable bonds is 6. The number of anilines is 1. The van der Waals surface area contributed by atoms with Crippen LogP contribution in [0, 0.1) is 13.8 Å². The molecular formula is C19H22N2O4. The number of amides is 2. The van der Waals surface area contributed by atoms with Crippen molar-refractivity contribution >= 4 is 17.5 Å². The largest absolute Gasteiger partial charge is 0.506 e. The van der Waals surface area contributed by atoms with E-state index in [0.29, 0.717) is 11.3 Å². The summed E-state index contributed by atoms with van der Waals surface area (Å²) < 4.78 is 5.57.